The van der Waals surface area contributed by atoms with Gasteiger partial charge in [0.05, 0.1) is 0 Å². The van der Waals surface area contributed by atoms with Crippen LogP contribution in [0.5, 0.6) is 0 Å². The van der Waals surface area contributed by atoms with E-state index in [2.05, 4.69) is 44.2 Å². The van der Waals surface area contributed by atoms with Gasteiger partial charge in [-0.3, -0.25) is 0 Å². The van der Waals surface area contributed by atoms with E-state index in [1.54, 1.807) is 0 Å². The van der Waals surface area contributed by atoms with Crippen molar-refractivity contribution in [2.75, 3.05) is 13.2 Å². The molecule has 0 aliphatic carbocycles. The van der Waals surface area contributed by atoms with E-state index in [-0.39, 0.29) is 0 Å². The molecule has 0 heterocycles. The average Bonchev–Trinajstić information content (AvgIpc) is 2.39. The average molecular weight is 264 g/mol. The molecule has 0 saturated heterocycles. The first-order valence-electron chi connectivity index (χ1n) is 6.70. The van der Waals surface area contributed by atoms with E-state index >= 15 is 0 Å². The lowest BCUT2D eigenvalue weighted by Gasteiger charge is -2.29. The number of benzene rings is 1. The smallest absolute Gasteiger partial charge is 0.367 e. The molecule has 0 radical (unpaired) electrons. The minimum Gasteiger partial charge on any atom is -0.391 e. The zero-order valence-electron chi connectivity index (χ0n) is 11.9. The fraction of sp³-hybridized carbons (Fsp3) is 0.467. The van der Waals surface area contributed by atoms with Crippen LogP contribution in [0.4, 0.5) is 0 Å². The molecular weight excluding hydrogens is 240 g/mol. The van der Waals surface area contributed by atoms with Gasteiger partial charge in [-0.15, -0.1) is 0 Å². The third-order valence-electron chi connectivity index (χ3n) is 3.00. The maximum absolute atomic E-state index is 6.00. The fourth-order valence-electron chi connectivity index (χ4n) is 2.13. The molecule has 0 amide bonds. The number of hydrogen-bond acceptors (Lipinski definition) is 2. The summed E-state index contributed by atoms with van der Waals surface area (Å²) in [6, 6.07) is 11.3. The summed E-state index contributed by atoms with van der Waals surface area (Å²) in [5.41, 5.74) is 1.21. The summed E-state index contributed by atoms with van der Waals surface area (Å²) in [5.74, 6) is 0. The van der Waals surface area contributed by atoms with Crippen LogP contribution in [-0.2, 0) is 8.85 Å². The molecule has 1 aromatic carbocycles. The topological polar surface area (TPSA) is 18.5 Å². The molecule has 3 heteroatoms. The van der Waals surface area contributed by atoms with Gasteiger partial charge in [0, 0.05) is 13.2 Å². The normalized spacial score (nSPS) is 12.8. The van der Waals surface area contributed by atoms with Crippen LogP contribution < -0.4 is 0 Å². The van der Waals surface area contributed by atoms with E-state index in [0.29, 0.717) is 13.2 Å². The molecule has 0 spiro atoms. The van der Waals surface area contributed by atoms with Crippen LogP contribution in [0.1, 0.15) is 33.3 Å². The molecule has 18 heavy (non-hydrogen) atoms. The standard InChI is InChI=1S/C15H24O2Si/c1-5-16-18(7-3,17-6-2)14(4)13-15-11-9-8-10-12-15/h8-13H,5-7H2,1-4H3/b14-13+. The third-order valence-corrected chi connectivity index (χ3v) is 6.79. The maximum atomic E-state index is 6.00. The van der Waals surface area contributed by atoms with Crippen molar-refractivity contribution >= 4 is 14.6 Å². The SMILES string of the molecule is CCO[Si](CC)(OCC)/C(C)=C/c1ccccc1. The summed E-state index contributed by atoms with van der Waals surface area (Å²) < 4.78 is 12.0. The first-order valence-corrected chi connectivity index (χ1v) is 8.72. The van der Waals surface area contributed by atoms with Crippen LogP contribution in [-0.4, -0.2) is 21.8 Å². The Balaban J connectivity index is 3.01. The van der Waals surface area contributed by atoms with Gasteiger partial charge < -0.3 is 8.85 Å². The van der Waals surface area contributed by atoms with Crippen molar-refractivity contribution in [1.29, 1.82) is 0 Å². The van der Waals surface area contributed by atoms with Crippen LogP contribution >= 0.6 is 0 Å². The molecule has 1 rings (SSSR count). The molecule has 2 nitrogen and oxygen atoms in total. The lowest BCUT2D eigenvalue weighted by Crippen LogP contribution is -2.43. The van der Waals surface area contributed by atoms with Crippen molar-refractivity contribution in [3.05, 3.63) is 41.1 Å². The van der Waals surface area contributed by atoms with Crippen LogP contribution in [0.2, 0.25) is 6.04 Å². The Labute approximate surface area is 112 Å². The zero-order valence-corrected chi connectivity index (χ0v) is 12.9. The number of allylic oxidation sites excluding steroid dienone is 1. The van der Waals surface area contributed by atoms with E-state index in [9.17, 15) is 0 Å². The van der Waals surface area contributed by atoms with Crippen LogP contribution in [0.15, 0.2) is 35.5 Å². The Morgan fingerprint density at radius 3 is 2.06 bits per heavy atom. The van der Waals surface area contributed by atoms with Crippen molar-refractivity contribution < 1.29 is 8.85 Å². The van der Waals surface area contributed by atoms with Gasteiger partial charge in [-0.05, 0) is 37.6 Å². The third kappa shape index (κ3) is 3.80. The lowest BCUT2D eigenvalue weighted by molar-refractivity contribution is 0.192. The molecule has 100 valence electrons. The van der Waals surface area contributed by atoms with E-state index in [0.717, 1.165) is 6.04 Å². The second kappa shape index (κ2) is 7.51. The highest BCUT2D eigenvalue weighted by Crippen LogP contribution is 2.24. The summed E-state index contributed by atoms with van der Waals surface area (Å²) in [5, 5.41) is 1.25. The largest absolute Gasteiger partial charge is 0.391 e. The molecule has 0 unspecified atom stereocenters. The molecule has 0 aromatic heterocycles. The first kappa shape index (κ1) is 15.2. The van der Waals surface area contributed by atoms with E-state index < -0.39 is 8.56 Å². The van der Waals surface area contributed by atoms with Crippen molar-refractivity contribution in [3.8, 4) is 0 Å². The quantitative estimate of drug-likeness (QED) is 0.688. The maximum Gasteiger partial charge on any atom is 0.367 e. The molecule has 1 aromatic rings. The van der Waals surface area contributed by atoms with Gasteiger partial charge in [0.25, 0.3) is 0 Å². The second-order valence-electron chi connectivity index (χ2n) is 4.21. The Hall–Kier alpha value is -0.903. The predicted molar refractivity (Wildman–Crippen MR) is 79.6 cm³/mol. The van der Waals surface area contributed by atoms with Gasteiger partial charge in [0.1, 0.15) is 0 Å². The molecule has 0 aliphatic heterocycles. The predicted octanol–water partition coefficient (Wildman–Crippen LogP) is 4.16. The van der Waals surface area contributed by atoms with Gasteiger partial charge >= 0.3 is 8.56 Å². The summed E-state index contributed by atoms with van der Waals surface area (Å²) in [6.07, 6.45) is 2.20. The van der Waals surface area contributed by atoms with Gasteiger partial charge in [0.2, 0.25) is 0 Å². The van der Waals surface area contributed by atoms with Crippen molar-refractivity contribution in [3.63, 3.8) is 0 Å². The molecule has 0 saturated carbocycles. The molecule has 0 fully saturated rings. The minimum absolute atomic E-state index is 0.708. The summed E-state index contributed by atoms with van der Waals surface area (Å²) >= 11 is 0. The summed E-state index contributed by atoms with van der Waals surface area (Å²) in [7, 11) is -2.19. The molecule has 0 aliphatic rings. The highest BCUT2D eigenvalue weighted by atomic mass is 28.4. The number of hydrogen-bond donors (Lipinski definition) is 0. The Morgan fingerprint density at radius 1 is 1.06 bits per heavy atom. The second-order valence-corrected chi connectivity index (χ2v) is 7.79. The monoisotopic (exact) mass is 264 g/mol. The van der Waals surface area contributed by atoms with Crippen LogP contribution in [0.3, 0.4) is 0 Å². The van der Waals surface area contributed by atoms with Gasteiger partial charge in [-0.2, -0.15) is 0 Å². The highest BCUT2D eigenvalue weighted by molar-refractivity contribution is 6.75. The van der Waals surface area contributed by atoms with E-state index in [4.69, 9.17) is 8.85 Å². The van der Waals surface area contributed by atoms with Crippen molar-refractivity contribution in [1.82, 2.24) is 0 Å². The molecule has 0 N–H and O–H groups in total. The molecule has 0 bridgehead atoms. The van der Waals surface area contributed by atoms with Crippen molar-refractivity contribution in [2.45, 2.75) is 33.7 Å². The fourth-order valence-corrected chi connectivity index (χ4v) is 4.95. The first-order chi connectivity index (χ1) is 8.68. The Kier molecular flexibility index (Phi) is 6.33. The summed E-state index contributed by atoms with van der Waals surface area (Å²) in [6.45, 7) is 9.77. The van der Waals surface area contributed by atoms with Gasteiger partial charge in [-0.25, -0.2) is 0 Å². The van der Waals surface area contributed by atoms with E-state index in [1.807, 2.05) is 19.9 Å². The van der Waals surface area contributed by atoms with Crippen LogP contribution in [0, 0.1) is 0 Å². The van der Waals surface area contributed by atoms with Crippen LogP contribution in [0.25, 0.3) is 6.08 Å². The molecular formula is C15H24O2Si. The van der Waals surface area contributed by atoms with Crippen molar-refractivity contribution in [2.24, 2.45) is 0 Å². The minimum atomic E-state index is -2.19. The number of rotatable bonds is 7. The van der Waals surface area contributed by atoms with Gasteiger partial charge in [-0.1, -0.05) is 43.3 Å². The summed E-state index contributed by atoms with van der Waals surface area (Å²) in [4.78, 5) is 0. The Bertz CT molecular complexity index is 367. The van der Waals surface area contributed by atoms with Gasteiger partial charge in [0.15, 0.2) is 0 Å². The molecule has 0 atom stereocenters. The Morgan fingerprint density at radius 2 is 1.61 bits per heavy atom. The lowest BCUT2D eigenvalue weighted by atomic mass is 10.2. The van der Waals surface area contributed by atoms with E-state index in [1.165, 1.54) is 10.8 Å². The zero-order chi connectivity index (χ0) is 13.4. The highest BCUT2D eigenvalue weighted by Gasteiger charge is 2.37.